The zero-order valence-corrected chi connectivity index (χ0v) is 17.4. The highest BCUT2D eigenvalue weighted by molar-refractivity contribution is 5.84. The number of anilines is 1. The number of hydrogen-bond acceptors (Lipinski definition) is 3. The molecule has 0 atom stereocenters. The SMILES string of the molecule is [O-]Nc1cc(C(F)(F)F)c(Oc2ccc3[nH]cc(CC4CCCCC4)c3c2)c(C(F)(F)F)c1. The molecule has 178 valence electrons. The van der Waals surface area contributed by atoms with E-state index in [0.717, 1.165) is 43.1 Å². The Morgan fingerprint density at radius 2 is 1.58 bits per heavy atom. The van der Waals surface area contributed by atoms with Crippen molar-refractivity contribution in [2.24, 2.45) is 5.92 Å². The number of rotatable bonds is 5. The Kier molecular flexibility index (Phi) is 6.22. The van der Waals surface area contributed by atoms with Crippen LogP contribution in [0.25, 0.3) is 10.9 Å². The molecule has 3 aromatic rings. The van der Waals surface area contributed by atoms with Crippen LogP contribution in [0.3, 0.4) is 0 Å². The third kappa shape index (κ3) is 5.05. The molecule has 4 rings (SSSR count). The van der Waals surface area contributed by atoms with Crippen LogP contribution in [-0.4, -0.2) is 4.98 Å². The minimum absolute atomic E-state index is 0.161. The maximum atomic E-state index is 13.6. The third-order valence-electron chi connectivity index (χ3n) is 6.01. The van der Waals surface area contributed by atoms with Crippen LogP contribution in [0.1, 0.15) is 48.8 Å². The number of aromatic amines is 1. The summed E-state index contributed by atoms with van der Waals surface area (Å²) >= 11 is 0. The number of alkyl halides is 6. The fraction of sp³-hybridized carbons (Fsp3) is 0.391. The Balaban J connectivity index is 1.75. The van der Waals surface area contributed by atoms with Crippen LogP contribution in [0.5, 0.6) is 11.5 Å². The molecule has 1 heterocycles. The van der Waals surface area contributed by atoms with Crippen molar-refractivity contribution in [1.29, 1.82) is 0 Å². The topological polar surface area (TPSA) is 60.1 Å². The zero-order chi connectivity index (χ0) is 23.8. The summed E-state index contributed by atoms with van der Waals surface area (Å²) in [5.74, 6) is -1.06. The predicted molar refractivity (Wildman–Crippen MR) is 112 cm³/mol. The molecule has 0 saturated heterocycles. The van der Waals surface area contributed by atoms with E-state index < -0.39 is 34.9 Å². The zero-order valence-electron chi connectivity index (χ0n) is 17.4. The van der Waals surface area contributed by atoms with Crippen LogP contribution in [0, 0.1) is 11.1 Å². The van der Waals surface area contributed by atoms with Gasteiger partial charge in [0.25, 0.3) is 0 Å². The molecule has 2 N–H and O–H groups in total. The molecule has 0 unspecified atom stereocenters. The number of H-pyrrole nitrogens is 1. The molecule has 0 bridgehead atoms. The molecule has 0 amide bonds. The first-order chi connectivity index (χ1) is 15.6. The number of halogens is 6. The van der Waals surface area contributed by atoms with Crippen LogP contribution >= 0.6 is 0 Å². The standard InChI is InChI=1S/C23H21F6N2O2/c24-22(25,26)18-9-15(31-32)10-19(23(27,28)29)21(18)33-16-6-7-20-17(11-16)14(12-30-20)8-13-4-2-1-3-5-13/h6-7,9-13,30-31H,1-5,8H2/q-1. The van der Waals surface area contributed by atoms with E-state index >= 15 is 0 Å². The lowest BCUT2D eigenvalue weighted by molar-refractivity contribution is -0.144. The quantitative estimate of drug-likeness (QED) is 0.293. The number of fused-ring (bicyclic) bond motifs is 1. The summed E-state index contributed by atoms with van der Waals surface area (Å²) < 4.78 is 86.7. The molecule has 1 fully saturated rings. The van der Waals surface area contributed by atoms with Gasteiger partial charge < -0.3 is 20.4 Å². The van der Waals surface area contributed by atoms with Crippen LogP contribution in [0.4, 0.5) is 32.0 Å². The maximum Gasteiger partial charge on any atom is 0.420 e. The molecule has 1 aliphatic rings. The van der Waals surface area contributed by atoms with E-state index in [0.29, 0.717) is 29.0 Å². The van der Waals surface area contributed by atoms with Gasteiger partial charge >= 0.3 is 12.4 Å². The molecule has 1 aliphatic carbocycles. The lowest BCUT2D eigenvalue weighted by Gasteiger charge is -2.22. The van der Waals surface area contributed by atoms with Gasteiger partial charge in [0.15, 0.2) is 5.75 Å². The van der Waals surface area contributed by atoms with Gasteiger partial charge in [-0.15, -0.1) is 0 Å². The van der Waals surface area contributed by atoms with Gasteiger partial charge in [-0.05, 0) is 48.2 Å². The van der Waals surface area contributed by atoms with Crippen molar-refractivity contribution in [3.63, 3.8) is 0 Å². The van der Waals surface area contributed by atoms with Crippen LogP contribution < -0.4 is 10.2 Å². The second kappa shape index (κ2) is 8.81. The second-order valence-electron chi connectivity index (χ2n) is 8.33. The average molecular weight is 471 g/mol. The summed E-state index contributed by atoms with van der Waals surface area (Å²) in [6.45, 7) is 0. The lowest BCUT2D eigenvalue weighted by Crippen LogP contribution is -2.14. The van der Waals surface area contributed by atoms with Gasteiger partial charge in [0.05, 0.1) is 0 Å². The summed E-state index contributed by atoms with van der Waals surface area (Å²) in [4.78, 5) is 3.10. The van der Waals surface area contributed by atoms with Gasteiger partial charge in [0.2, 0.25) is 0 Å². The number of nitrogens with one attached hydrogen (secondary N) is 2. The summed E-state index contributed by atoms with van der Waals surface area (Å²) in [5, 5.41) is 11.5. The van der Waals surface area contributed by atoms with E-state index in [2.05, 4.69) is 4.98 Å². The van der Waals surface area contributed by atoms with Gasteiger partial charge in [0.1, 0.15) is 16.9 Å². The summed E-state index contributed by atoms with van der Waals surface area (Å²) in [6, 6.07) is 4.93. The summed E-state index contributed by atoms with van der Waals surface area (Å²) in [7, 11) is 0. The van der Waals surface area contributed by atoms with Gasteiger partial charge in [-0.3, -0.25) is 0 Å². The second-order valence-corrected chi connectivity index (χ2v) is 8.33. The Labute approximate surface area is 185 Å². The van der Waals surface area contributed by atoms with Crippen molar-refractivity contribution in [3.8, 4) is 11.5 Å². The molecular formula is C23H21F6N2O2-. The average Bonchev–Trinajstić information content (AvgIpc) is 3.15. The molecule has 0 aliphatic heterocycles. The fourth-order valence-electron chi connectivity index (χ4n) is 4.43. The molecular weight excluding hydrogens is 450 g/mol. The number of ether oxygens (including phenoxy) is 1. The third-order valence-corrected chi connectivity index (χ3v) is 6.01. The Morgan fingerprint density at radius 1 is 0.939 bits per heavy atom. The Hall–Kier alpha value is -2.88. The highest BCUT2D eigenvalue weighted by Crippen LogP contribution is 2.47. The largest absolute Gasteiger partial charge is 0.761 e. The Bertz CT molecular complexity index is 1100. The van der Waals surface area contributed by atoms with E-state index in [9.17, 15) is 31.5 Å². The van der Waals surface area contributed by atoms with Crippen molar-refractivity contribution in [1.82, 2.24) is 4.98 Å². The first-order valence-corrected chi connectivity index (χ1v) is 10.5. The molecule has 0 spiro atoms. The highest BCUT2D eigenvalue weighted by Gasteiger charge is 2.43. The smallest absolute Gasteiger partial charge is 0.420 e. The van der Waals surface area contributed by atoms with Crippen molar-refractivity contribution < 1.29 is 31.1 Å². The number of aromatic nitrogens is 1. The van der Waals surface area contributed by atoms with Crippen molar-refractivity contribution in [2.75, 3.05) is 5.48 Å². The van der Waals surface area contributed by atoms with E-state index in [1.165, 1.54) is 18.6 Å². The minimum atomic E-state index is -5.17. The van der Waals surface area contributed by atoms with Crippen molar-refractivity contribution in [2.45, 2.75) is 50.9 Å². The van der Waals surface area contributed by atoms with E-state index in [-0.39, 0.29) is 5.75 Å². The van der Waals surface area contributed by atoms with E-state index in [1.54, 1.807) is 6.07 Å². The van der Waals surface area contributed by atoms with Crippen LogP contribution in [-0.2, 0) is 18.8 Å². The molecule has 33 heavy (non-hydrogen) atoms. The maximum absolute atomic E-state index is 13.6. The fourth-order valence-corrected chi connectivity index (χ4v) is 4.43. The normalized spacial score (nSPS) is 15.7. The van der Waals surface area contributed by atoms with E-state index in [4.69, 9.17) is 4.74 Å². The summed E-state index contributed by atoms with van der Waals surface area (Å²) in [5.41, 5.74) is -1.48. The predicted octanol–water partition coefficient (Wildman–Crippen LogP) is 8.03. The summed E-state index contributed by atoms with van der Waals surface area (Å²) in [6.07, 6.45) is -2.08. The number of benzene rings is 2. The highest BCUT2D eigenvalue weighted by atomic mass is 19.4. The van der Waals surface area contributed by atoms with Gasteiger partial charge in [-0.25, -0.2) is 0 Å². The minimum Gasteiger partial charge on any atom is -0.761 e. The lowest BCUT2D eigenvalue weighted by atomic mass is 9.85. The monoisotopic (exact) mass is 471 g/mol. The molecule has 0 radical (unpaired) electrons. The van der Waals surface area contributed by atoms with Gasteiger partial charge in [-0.1, -0.05) is 32.1 Å². The molecule has 2 aromatic carbocycles. The first-order valence-electron chi connectivity index (χ1n) is 10.5. The van der Waals surface area contributed by atoms with Gasteiger partial charge in [-0.2, -0.15) is 26.3 Å². The van der Waals surface area contributed by atoms with Crippen LogP contribution in [0.2, 0.25) is 0 Å². The number of hydrogen-bond donors (Lipinski definition) is 2. The molecule has 1 aromatic heterocycles. The first kappa shape index (κ1) is 23.3. The molecule has 4 nitrogen and oxygen atoms in total. The molecule has 1 saturated carbocycles. The van der Waals surface area contributed by atoms with E-state index in [1.807, 2.05) is 6.20 Å². The van der Waals surface area contributed by atoms with Crippen LogP contribution in [0.15, 0.2) is 36.5 Å². The molecule has 10 heteroatoms. The van der Waals surface area contributed by atoms with Gasteiger partial charge in [0, 0.05) is 22.8 Å². The van der Waals surface area contributed by atoms with Crippen molar-refractivity contribution in [3.05, 3.63) is 58.4 Å². The Morgan fingerprint density at radius 3 is 2.15 bits per heavy atom. The van der Waals surface area contributed by atoms with Crippen molar-refractivity contribution >= 4 is 16.6 Å².